The first-order valence-corrected chi connectivity index (χ1v) is 5.92. The number of methoxy groups -OCH3 is 2. The molecule has 0 aromatic heterocycles. The third-order valence-electron chi connectivity index (χ3n) is 2.82. The highest BCUT2D eigenvalue weighted by Crippen LogP contribution is 2.28. The average Bonchev–Trinajstić information content (AvgIpc) is 2.45. The molecule has 0 amide bonds. The Hall–Kier alpha value is -1.96. The molecule has 0 aliphatic rings. The maximum Gasteiger partial charge on any atom is 0.160 e. The predicted octanol–water partition coefficient (Wildman–Crippen LogP) is 3.50. The molecule has 0 fully saturated rings. The van der Waals surface area contributed by atoms with E-state index in [0.29, 0.717) is 0 Å². The fourth-order valence-electron chi connectivity index (χ4n) is 1.83. The molecule has 93 valence electrons. The Bertz CT molecular complexity index is 492. The Morgan fingerprint density at radius 1 is 0.889 bits per heavy atom. The molecule has 0 heterocycles. The smallest absolute Gasteiger partial charge is 0.160 e. The van der Waals surface area contributed by atoms with Crippen molar-refractivity contribution in [1.82, 2.24) is 0 Å². The Labute approximate surface area is 108 Å². The lowest BCUT2D eigenvalue weighted by Gasteiger charge is -2.09. The van der Waals surface area contributed by atoms with Crippen LogP contribution in [-0.2, 0) is 6.42 Å². The third-order valence-corrected chi connectivity index (χ3v) is 2.82. The van der Waals surface area contributed by atoms with E-state index in [4.69, 9.17) is 9.47 Å². The van der Waals surface area contributed by atoms with Crippen LogP contribution in [0.4, 0.5) is 0 Å². The highest BCUT2D eigenvalue weighted by molar-refractivity contribution is 5.45. The molecule has 0 saturated carbocycles. The molecule has 0 aliphatic heterocycles. The summed E-state index contributed by atoms with van der Waals surface area (Å²) >= 11 is 0. The van der Waals surface area contributed by atoms with E-state index in [1.165, 1.54) is 5.56 Å². The van der Waals surface area contributed by atoms with E-state index >= 15 is 0 Å². The van der Waals surface area contributed by atoms with Crippen molar-refractivity contribution < 1.29 is 9.47 Å². The van der Waals surface area contributed by atoms with Crippen molar-refractivity contribution in [3.63, 3.8) is 0 Å². The fourth-order valence-corrected chi connectivity index (χ4v) is 1.83. The van der Waals surface area contributed by atoms with E-state index in [-0.39, 0.29) is 0 Å². The van der Waals surface area contributed by atoms with Gasteiger partial charge in [-0.3, -0.25) is 0 Å². The minimum Gasteiger partial charge on any atom is -0.493 e. The highest BCUT2D eigenvalue weighted by Gasteiger charge is 2.04. The van der Waals surface area contributed by atoms with Gasteiger partial charge in [0.25, 0.3) is 0 Å². The Morgan fingerprint density at radius 3 is 2.28 bits per heavy atom. The zero-order valence-electron chi connectivity index (χ0n) is 10.7. The van der Waals surface area contributed by atoms with Gasteiger partial charge >= 0.3 is 0 Å². The van der Waals surface area contributed by atoms with Gasteiger partial charge in [0.2, 0.25) is 0 Å². The van der Waals surface area contributed by atoms with Crippen LogP contribution in [0.5, 0.6) is 11.5 Å². The van der Waals surface area contributed by atoms with Crippen LogP contribution < -0.4 is 9.47 Å². The lowest BCUT2D eigenvalue weighted by Crippen LogP contribution is -1.93. The number of rotatable bonds is 5. The summed E-state index contributed by atoms with van der Waals surface area (Å²) in [5.74, 6) is 1.52. The van der Waals surface area contributed by atoms with Crippen molar-refractivity contribution in [2.45, 2.75) is 6.42 Å². The lowest BCUT2D eigenvalue weighted by molar-refractivity contribution is 0.354. The standard InChI is InChI=1S/C16H17O2/c1-17-15-11-10-14(12-16(15)18-2)9-8-13-6-4-3-5-7-13/h3-7,9-12H,8H2,1-2H3. The third kappa shape index (κ3) is 3.04. The molecule has 2 heteroatoms. The number of ether oxygens (including phenoxy) is 2. The van der Waals surface area contributed by atoms with Crippen molar-refractivity contribution in [2.75, 3.05) is 14.2 Å². The largest absolute Gasteiger partial charge is 0.493 e. The van der Waals surface area contributed by atoms with Crippen molar-refractivity contribution in [3.8, 4) is 11.5 Å². The molecule has 1 radical (unpaired) electrons. The fraction of sp³-hybridized carbons (Fsp3) is 0.188. The summed E-state index contributed by atoms with van der Waals surface area (Å²) in [5.41, 5.74) is 2.43. The molecular weight excluding hydrogens is 224 g/mol. The van der Waals surface area contributed by atoms with Gasteiger partial charge in [0, 0.05) is 0 Å². The maximum absolute atomic E-state index is 5.28. The summed E-state index contributed by atoms with van der Waals surface area (Å²) in [7, 11) is 3.30. The van der Waals surface area contributed by atoms with Crippen LogP contribution in [0.1, 0.15) is 11.1 Å². The quantitative estimate of drug-likeness (QED) is 0.797. The van der Waals surface area contributed by atoms with Crippen LogP contribution in [-0.4, -0.2) is 14.2 Å². The van der Waals surface area contributed by atoms with Crippen LogP contribution in [0, 0.1) is 6.42 Å². The van der Waals surface area contributed by atoms with Crippen molar-refractivity contribution in [2.24, 2.45) is 0 Å². The first kappa shape index (κ1) is 12.5. The molecule has 18 heavy (non-hydrogen) atoms. The summed E-state index contributed by atoms with van der Waals surface area (Å²) in [6.45, 7) is 0. The van der Waals surface area contributed by atoms with E-state index in [1.54, 1.807) is 14.2 Å². The molecule has 2 nitrogen and oxygen atoms in total. The summed E-state index contributed by atoms with van der Waals surface area (Å²) in [4.78, 5) is 0. The molecule has 0 aliphatic carbocycles. The first-order valence-electron chi connectivity index (χ1n) is 5.92. The highest BCUT2D eigenvalue weighted by atomic mass is 16.5. The molecule has 2 aromatic carbocycles. The van der Waals surface area contributed by atoms with Gasteiger partial charge in [0.15, 0.2) is 11.5 Å². The van der Waals surface area contributed by atoms with Crippen LogP contribution in [0.2, 0.25) is 0 Å². The van der Waals surface area contributed by atoms with Gasteiger partial charge in [-0.25, -0.2) is 0 Å². The minimum absolute atomic E-state index is 0.759. The zero-order valence-corrected chi connectivity index (χ0v) is 10.7. The lowest BCUT2D eigenvalue weighted by atomic mass is 10.0. The summed E-state index contributed by atoms with van der Waals surface area (Å²) in [5, 5.41) is 0. The van der Waals surface area contributed by atoms with E-state index < -0.39 is 0 Å². The molecular formula is C16H17O2. The Kier molecular flexibility index (Phi) is 4.24. The molecule has 0 bridgehead atoms. The molecule has 2 aromatic rings. The summed E-state index contributed by atoms with van der Waals surface area (Å²) in [6, 6.07) is 16.3. The number of hydrogen-bond acceptors (Lipinski definition) is 2. The van der Waals surface area contributed by atoms with E-state index in [1.807, 2.05) is 24.3 Å². The van der Waals surface area contributed by atoms with Gasteiger partial charge < -0.3 is 9.47 Å². The van der Waals surface area contributed by atoms with Gasteiger partial charge in [-0.2, -0.15) is 0 Å². The minimum atomic E-state index is 0.759. The average molecular weight is 241 g/mol. The molecule has 0 N–H and O–H groups in total. The van der Waals surface area contributed by atoms with E-state index in [2.05, 4.69) is 30.7 Å². The Morgan fingerprint density at radius 2 is 1.61 bits per heavy atom. The normalized spacial score (nSPS) is 10.1. The van der Waals surface area contributed by atoms with Crippen LogP contribution in [0.15, 0.2) is 48.5 Å². The first-order chi connectivity index (χ1) is 8.83. The zero-order chi connectivity index (χ0) is 12.8. The Balaban J connectivity index is 2.06. The van der Waals surface area contributed by atoms with Crippen LogP contribution in [0.25, 0.3) is 0 Å². The maximum atomic E-state index is 5.28. The second-order valence-corrected chi connectivity index (χ2v) is 4.01. The molecule has 0 unspecified atom stereocenters. The van der Waals surface area contributed by atoms with Crippen molar-refractivity contribution >= 4 is 0 Å². The second-order valence-electron chi connectivity index (χ2n) is 4.01. The monoisotopic (exact) mass is 241 g/mol. The number of benzene rings is 2. The molecule has 0 saturated heterocycles. The summed E-state index contributed by atoms with van der Waals surface area (Å²) < 4.78 is 10.5. The molecule has 0 spiro atoms. The van der Waals surface area contributed by atoms with Crippen molar-refractivity contribution in [3.05, 3.63) is 66.1 Å². The topological polar surface area (TPSA) is 18.5 Å². The van der Waals surface area contributed by atoms with Crippen LogP contribution >= 0.6 is 0 Å². The van der Waals surface area contributed by atoms with E-state index in [9.17, 15) is 0 Å². The van der Waals surface area contributed by atoms with Gasteiger partial charge in [-0.1, -0.05) is 36.4 Å². The van der Waals surface area contributed by atoms with Gasteiger partial charge in [0.05, 0.1) is 14.2 Å². The second kappa shape index (κ2) is 6.10. The van der Waals surface area contributed by atoms with Gasteiger partial charge in [0.1, 0.15) is 0 Å². The summed E-state index contributed by atoms with van der Waals surface area (Å²) in [6.07, 6.45) is 3.09. The molecule has 0 atom stereocenters. The van der Waals surface area contributed by atoms with Crippen LogP contribution in [0.3, 0.4) is 0 Å². The van der Waals surface area contributed by atoms with Crippen molar-refractivity contribution in [1.29, 1.82) is 0 Å². The molecule has 2 rings (SSSR count). The van der Waals surface area contributed by atoms with Gasteiger partial charge in [-0.15, -0.1) is 0 Å². The predicted molar refractivity (Wildman–Crippen MR) is 73.1 cm³/mol. The van der Waals surface area contributed by atoms with Gasteiger partial charge in [-0.05, 0) is 36.1 Å². The SMILES string of the molecule is COc1ccc([CH]Cc2ccccc2)cc1OC. The number of hydrogen-bond donors (Lipinski definition) is 0. The van der Waals surface area contributed by atoms with E-state index in [0.717, 1.165) is 23.5 Å².